The van der Waals surface area contributed by atoms with E-state index in [1.807, 2.05) is 4.57 Å². The van der Waals surface area contributed by atoms with Gasteiger partial charge < -0.3 is 9.13 Å². The molecule has 6 nitrogen and oxygen atoms in total. The van der Waals surface area contributed by atoms with E-state index in [2.05, 4.69) is 16.9 Å². The predicted molar refractivity (Wildman–Crippen MR) is 71.6 cm³/mol. The summed E-state index contributed by atoms with van der Waals surface area (Å²) in [4.78, 5) is 8.06. The number of hydrogen-bond acceptors (Lipinski definition) is 4. The number of aromatic nitrogens is 4. The molecule has 0 bridgehead atoms. The van der Waals surface area contributed by atoms with Gasteiger partial charge in [-0.3, -0.25) is 0 Å². The molecule has 0 aliphatic heterocycles. The molecule has 0 N–H and O–H groups in total. The maximum atomic E-state index is 11.2. The van der Waals surface area contributed by atoms with Crippen LogP contribution in [0.3, 0.4) is 0 Å². The Labute approximate surface area is 116 Å². The fourth-order valence-electron chi connectivity index (χ4n) is 1.85. The normalized spacial score (nSPS) is 11.9. The fourth-order valence-corrected chi connectivity index (χ4v) is 2.57. The van der Waals surface area contributed by atoms with Crippen molar-refractivity contribution in [3.05, 3.63) is 30.2 Å². The van der Waals surface area contributed by atoms with Crippen molar-refractivity contribution in [1.29, 1.82) is 0 Å². The minimum Gasteiger partial charge on any atom is -0.333 e. The first-order valence-electron chi connectivity index (χ1n) is 5.89. The summed E-state index contributed by atoms with van der Waals surface area (Å²) >= 11 is 0. The van der Waals surface area contributed by atoms with Gasteiger partial charge in [-0.15, -0.1) is 0 Å². The lowest BCUT2D eigenvalue weighted by Crippen LogP contribution is -2.07. The van der Waals surface area contributed by atoms with Crippen LogP contribution in [0.1, 0.15) is 24.9 Å². The van der Waals surface area contributed by atoms with Crippen LogP contribution >= 0.6 is 10.7 Å². The third-order valence-electron chi connectivity index (χ3n) is 2.80. The first-order chi connectivity index (χ1) is 8.91. The Hall–Kier alpha value is -1.34. The molecular formula is C11H15ClN4O2S. The van der Waals surface area contributed by atoms with Crippen LogP contribution < -0.4 is 0 Å². The summed E-state index contributed by atoms with van der Waals surface area (Å²) in [7, 11) is 1.50. The largest absolute Gasteiger partial charge is 0.333 e. The first kappa shape index (κ1) is 14.1. The molecule has 0 spiro atoms. The molecule has 0 atom stereocenters. The van der Waals surface area contributed by atoms with Gasteiger partial charge in [0.05, 0.1) is 18.6 Å². The topological polar surface area (TPSA) is 69.8 Å². The standard InChI is InChI=1S/C11H15ClN4O2S/c1-3-4-15-8-13-5-10(15)6-16-7-11(14-9(16)2)19(12,17)18/h5,7-8H,3-4,6H2,1-2H3. The van der Waals surface area contributed by atoms with Gasteiger partial charge in [-0.25, -0.2) is 18.4 Å². The van der Waals surface area contributed by atoms with E-state index in [9.17, 15) is 8.42 Å². The number of halogens is 1. The molecule has 0 fully saturated rings. The highest BCUT2D eigenvalue weighted by Crippen LogP contribution is 2.15. The van der Waals surface area contributed by atoms with Crippen molar-refractivity contribution in [3.63, 3.8) is 0 Å². The zero-order valence-electron chi connectivity index (χ0n) is 10.7. The van der Waals surface area contributed by atoms with E-state index < -0.39 is 9.05 Å². The van der Waals surface area contributed by atoms with E-state index in [1.165, 1.54) is 6.20 Å². The second-order valence-electron chi connectivity index (χ2n) is 4.27. The molecule has 0 saturated carbocycles. The second kappa shape index (κ2) is 5.34. The Morgan fingerprint density at radius 1 is 1.37 bits per heavy atom. The molecule has 2 rings (SSSR count). The average Bonchev–Trinajstić information content (AvgIpc) is 2.88. The van der Waals surface area contributed by atoms with Gasteiger partial charge in [0.25, 0.3) is 9.05 Å². The fraction of sp³-hybridized carbons (Fsp3) is 0.455. The molecule has 0 radical (unpaired) electrons. The maximum Gasteiger partial charge on any atom is 0.280 e. The van der Waals surface area contributed by atoms with Crippen LogP contribution in [-0.2, 0) is 22.1 Å². The van der Waals surface area contributed by atoms with E-state index in [0.717, 1.165) is 18.7 Å². The van der Waals surface area contributed by atoms with Crippen LogP contribution in [0, 0.1) is 6.92 Å². The van der Waals surface area contributed by atoms with E-state index in [-0.39, 0.29) is 5.03 Å². The van der Waals surface area contributed by atoms with Crippen LogP contribution in [-0.4, -0.2) is 27.5 Å². The third kappa shape index (κ3) is 3.16. The minimum atomic E-state index is -3.79. The quantitative estimate of drug-likeness (QED) is 0.789. The second-order valence-corrected chi connectivity index (χ2v) is 6.78. The van der Waals surface area contributed by atoms with Crippen LogP contribution in [0.15, 0.2) is 23.7 Å². The zero-order valence-corrected chi connectivity index (χ0v) is 12.3. The molecular weight excluding hydrogens is 288 g/mol. The predicted octanol–water partition coefficient (Wildman–Crippen LogP) is 1.77. The van der Waals surface area contributed by atoms with Gasteiger partial charge >= 0.3 is 0 Å². The van der Waals surface area contributed by atoms with Crippen LogP contribution in [0.2, 0.25) is 0 Å². The summed E-state index contributed by atoms with van der Waals surface area (Å²) < 4.78 is 26.3. The Morgan fingerprint density at radius 3 is 2.68 bits per heavy atom. The molecule has 19 heavy (non-hydrogen) atoms. The third-order valence-corrected chi connectivity index (χ3v) is 3.97. The molecule has 2 heterocycles. The molecule has 0 saturated heterocycles. The van der Waals surface area contributed by atoms with E-state index in [0.29, 0.717) is 12.4 Å². The molecule has 104 valence electrons. The molecule has 0 aromatic carbocycles. The molecule has 8 heteroatoms. The van der Waals surface area contributed by atoms with Crippen molar-refractivity contribution in [1.82, 2.24) is 19.1 Å². The molecule has 0 amide bonds. The highest BCUT2D eigenvalue weighted by atomic mass is 35.7. The van der Waals surface area contributed by atoms with Crippen LogP contribution in [0.25, 0.3) is 0 Å². The SMILES string of the molecule is CCCn1cncc1Cn1cc(S(=O)(=O)Cl)nc1C. The number of hydrogen-bond donors (Lipinski definition) is 0. The van der Waals surface area contributed by atoms with Crippen molar-refractivity contribution in [2.24, 2.45) is 0 Å². The molecule has 2 aromatic rings. The van der Waals surface area contributed by atoms with E-state index in [4.69, 9.17) is 10.7 Å². The minimum absolute atomic E-state index is 0.117. The summed E-state index contributed by atoms with van der Waals surface area (Å²) in [5.41, 5.74) is 1.00. The summed E-state index contributed by atoms with van der Waals surface area (Å²) in [6.07, 6.45) is 5.99. The molecule has 0 unspecified atom stereocenters. The average molecular weight is 303 g/mol. The van der Waals surface area contributed by atoms with E-state index in [1.54, 1.807) is 24.0 Å². The number of imidazole rings is 2. The molecule has 0 aliphatic rings. The highest BCUT2D eigenvalue weighted by molar-refractivity contribution is 8.13. The number of rotatable bonds is 5. The summed E-state index contributed by atoms with van der Waals surface area (Å²) in [6, 6.07) is 0. The van der Waals surface area contributed by atoms with Gasteiger partial charge in [0.2, 0.25) is 0 Å². The summed E-state index contributed by atoms with van der Waals surface area (Å²) in [5, 5.41) is -0.117. The maximum absolute atomic E-state index is 11.2. The Balaban J connectivity index is 2.29. The lowest BCUT2D eigenvalue weighted by molar-refractivity contribution is 0.606. The Kier molecular flexibility index (Phi) is 3.96. The van der Waals surface area contributed by atoms with Gasteiger partial charge in [-0.2, -0.15) is 0 Å². The van der Waals surface area contributed by atoms with Gasteiger partial charge in [-0.05, 0) is 13.3 Å². The van der Waals surface area contributed by atoms with Crippen molar-refractivity contribution in [2.75, 3.05) is 0 Å². The zero-order chi connectivity index (χ0) is 14.0. The smallest absolute Gasteiger partial charge is 0.280 e. The Morgan fingerprint density at radius 2 is 2.11 bits per heavy atom. The van der Waals surface area contributed by atoms with Crippen molar-refractivity contribution < 1.29 is 8.42 Å². The van der Waals surface area contributed by atoms with Crippen molar-refractivity contribution in [3.8, 4) is 0 Å². The van der Waals surface area contributed by atoms with E-state index >= 15 is 0 Å². The lowest BCUT2D eigenvalue weighted by Gasteiger charge is -2.08. The van der Waals surface area contributed by atoms with Crippen molar-refractivity contribution in [2.45, 2.75) is 38.4 Å². The summed E-state index contributed by atoms with van der Waals surface area (Å²) in [5.74, 6) is 0.600. The van der Waals surface area contributed by atoms with Gasteiger partial charge in [0.1, 0.15) is 5.82 Å². The van der Waals surface area contributed by atoms with Gasteiger partial charge in [0.15, 0.2) is 5.03 Å². The van der Waals surface area contributed by atoms with Crippen molar-refractivity contribution >= 4 is 19.7 Å². The van der Waals surface area contributed by atoms with Crippen LogP contribution in [0.4, 0.5) is 0 Å². The number of nitrogens with zero attached hydrogens (tertiary/aromatic N) is 4. The number of aryl methyl sites for hydroxylation is 2. The molecule has 2 aromatic heterocycles. The lowest BCUT2D eigenvalue weighted by atomic mass is 10.4. The van der Waals surface area contributed by atoms with Gasteiger partial charge in [-0.1, -0.05) is 6.92 Å². The van der Waals surface area contributed by atoms with Gasteiger partial charge in [0, 0.05) is 29.6 Å². The first-order valence-corrected chi connectivity index (χ1v) is 8.20. The monoisotopic (exact) mass is 302 g/mol. The summed E-state index contributed by atoms with van der Waals surface area (Å²) in [6.45, 7) is 5.23. The highest BCUT2D eigenvalue weighted by Gasteiger charge is 2.16. The molecule has 0 aliphatic carbocycles. The van der Waals surface area contributed by atoms with Crippen LogP contribution in [0.5, 0.6) is 0 Å². The Bertz CT molecular complexity index is 675.